The van der Waals surface area contributed by atoms with Gasteiger partial charge in [0.1, 0.15) is 13.2 Å². The fourth-order valence-electron chi connectivity index (χ4n) is 11.6. The highest BCUT2D eigenvalue weighted by Crippen LogP contribution is 2.20. The van der Waals surface area contributed by atoms with Gasteiger partial charge in [-0.1, -0.05) is 393 Å². The molecule has 0 aliphatic carbocycles. The summed E-state index contributed by atoms with van der Waals surface area (Å²) in [4.78, 5) is 38.5. The Morgan fingerprint density at radius 1 is 0.203 bits per heavy atom. The molecule has 1 atom stereocenters. The van der Waals surface area contributed by atoms with E-state index in [4.69, 9.17) is 14.2 Å². The molecule has 0 aromatic rings. The topological polar surface area (TPSA) is 78.9 Å². The monoisotopic (exact) mass is 1120 g/mol. The van der Waals surface area contributed by atoms with Crippen molar-refractivity contribution in [3.63, 3.8) is 0 Å². The van der Waals surface area contributed by atoms with Crippen LogP contribution in [-0.2, 0) is 28.6 Å². The van der Waals surface area contributed by atoms with Crippen molar-refractivity contribution in [1.82, 2.24) is 0 Å². The Kier molecular flexibility index (Phi) is 67.5. The zero-order valence-electron chi connectivity index (χ0n) is 54.2. The van der Waals surface area contributed by atoms with Crippen molar-refractivity contribution in [2.75, 3.05) is 13.2 Å². The minimum absolute atomic E-state index is 0.0599. The second-order valence-electron chi connectivity index (χ2n) is 25.2. The first-order valence-electron chi connectivity index (χ1n) is 36.5. The van der Waals surface area contributed by atoms with Crippen LogP contribution in [-0.4, -0.2) is 37.2 Å². The van der Waals surface area contributed by atoms with E-state index in [-0.39, 0.29) is 31.1 Å². The zero-order valence-corrected chi connectivity index (χ0v) is 54.2. The van der Waals surface area contributed by atoms with Crippen molar-refractivity contribution in [3.8, 4) is 0 Å². The van der Waals surface area contributed by atoms with E-state index in [2.05, 4.69) is 20.8 Å². The predicted octanol–water partition coefficient (Wildman–Crippen LogP) is 25.0. The zero-order chi connectivity index (χ0) is 57.1. The quantitative estimate of drug-likeness (QED) is 0.0343. The maximum atomic E-state index is 13.0. The van der Waals surface area contributed by atoms with Crippen LogP contribution >= 0.6 is 0 Å². The van der Waals surface area contributed by atoms with E-state index in [1.165, 1.54) is 334 Å². The number of carbonyl (C=O) groups excluding carboxylic acids is 3. The van der Waals surface area contributed by atoms with E-state index in [9.17, 15) is 14.4 Å². The van der Waals surface area contributed by atoms with Crippen LogP contribution in [0.5, 0.6) is 0 Å². The van der Waals surface area contributed by atoms with Gasteiger partial charge in [-0.25, -0.2) is 0 Å². The Morgan fingerprint density at radius 2 is 0.342 bits per heavy atom. The van der Waals surface area contributed by atoms with Gasteiger partial charge in [-0.2, -0.15) is 0 Å². The Balaban J connectivity index is 4.25. The summed E-state index contributed by atoms with van der Waals surface area (Å²) in [5.41, 5.74) is 0. The van der Waals surface area contributed by atoms with E-state index in [1.54, 1.807) is 0 Å². The molecule has 470 valence electrons. The van der Waals surface area contributed by atoms with Gasteiger partial charge in [-0.05, 0) is 19.3 Å². The van der Waals surface area contributed by atoms with Gasteiger partial charge in [-0.3, -0.25) is 14.4 Å². The number of esters is 3. The molecule has 0 saturated heterocycles. The molecule has 0 fully saturated rings. The third-order valence-electron chi connectivity index (χ3n) is 17.1. The molecule has 6 heteroatoms. The first-order valence-corrected chi connectivity index (χ1v) is 36.5. The van der Waals surface area contributed by atoms with Gasteiger partial charge in [0, 0.05) is 19.3 Å². The molecule has 0 radical (unpaired) electrons. The average molecular weight is 1120 g/mol. The lowest BCUT2D eigenvalue weighted by molar-refractivity contribution is -0.167. The number of hydrogen-bond donors (Lipinski definition) is 0. The lowest BCUT2D eigenvalue weighted by Crippen LogP contribution is -2.30. The smallest absolute Gasteiger partial charge is 0.306 e. The summed E-state index contributed by atoms with van der Waals surface area (Å²) in [6.45, 7) is 6.76. The number of ether oxygens (including phenoxy) is 3. The van der Waals surface area contributed by atoms with Gasteiger partial charge >= 0.3 is 17.9 Å². The van der Waals surface area contributed by atoms with Crippen molar-refractivity contribution >= 4 is 17.9 Å². The maximum Gasteiger partial charge on any atom is 0.306 e. The molecule has 0 aliphatic rings. The summed E-state index contributed by atoms with van der Waals surface area (Å²) in [5, 5.41) is 0. The van der Waals surface area contributed by atoms with E-state index < -0.39 is 6.10 Å². The highest BCUT2D eigenvalue weighted by atomic mass is 16.6. The fourth-order valence-corrected chi connectivity index (χ4v) is 11.6. The second-order valence-corrected chi connectivity index (χ2v) is 25.2. The molecular formula is C73H142O6. The summed E-state index contributed by atoms with van der Waals surface area (Å²) in [6, 6.07) is 0. The van der Waals surface area contributed by atoms with E-state index in [0.717, 1.165) is 57.8 Å². The number of carbonyl (C=O) groups is 3. The molecule has 0 spiro atoms. The van der Waals surface area contributed by atoms with Crippen LogP contribution < -0.4 is 0 Å². The molecule has 6 nitrogen and oxygen atoms in total. The van der Waals surface area contributed by atoms with Gasteiger partial charge in [0.15, 0.2) is 6.10 Å². The number of rotatable bonds is 69. The Bertz CT molecular complexity index is 1190. The largest absolute Gasteiger partial charge is 0.462 e. The minimum atomic E-state index is -0.764. The molecular weight excluding hydrogens is 973 g/mol. The van der Waals surface area contributed by atoms with Gasteiger partial charge in [0.2, 0.25) is 0 Å². The molecule has 1 unspecified atom stereocenters. The summed E-state index contributed by atoms with van der Waals surface area (Å²) in [5.74, 6) is -0.815. The average Bonchev–Trinajstić information content (AvgIpc) is 3.45. The van der Waals surface area contributed by atoms with Crippen molar-refractivity contribution in [3.05, 3.63) is 0 Å². The molecule has 0 N–H and O–H groups in total. The highest BCUT2D eigenvalue weighted by Gasteiger charge is 2.20. The summed E-state index contributed by atoms with van der Waals surface area (Å²) < 4.78 is 17.0. The first-order chi connectivity index (χ1) is 39.0. The lowest BCUT2D eigenvalue weighted by atomic mass is 10.0. The summed E-state index contributed by atoms with van der Waals surface area (Å²) >= 11 is 0. The third kappa shape index (κ3) is 67.1. The normalized spacial score (nSPS) is 11.9. The number of hydrogen-bond acceptors (Lipinski definition) is 6. The maximum absolute atomic E-state index is 13.0. The Labute approximate surface area is 495 Å². The number of unbranched alkanes of at least 4 members (excludes halogenated alkanes) is 58. The van der Waals surface area contributed by atoms with Crippen LogP contribution in [0.25, 0.3) is 0 Å². The Morgan fingerprint density at radius 3 is 0.506 bits per heavy atom. The minimum Gasteiger partial charge on any atom is -0.462 e. The van der Waals surface area contributed by atoms with Crippen LogP contribution in [0.3, 0.4) is 0 Å². The second kappa shape index (κ2) is 68.9. The molecule has 79 heavy (non-hydrogen) atoms. The summed E-state index contributed by atoms with van der Waals surface area (Å²) in [7, 11) is 0. The third-order valence-corrected chi connectivity index (χ3v) is 17.1. The molecule has 0 aliphatic heterocycles. The van der Waals surface area contributed by atoms with Gasteiger partial charge < -0.3 is 14.2 Å². The van der Waals surface area contributed by atoms with Crippen LogP contribution in [0.4, 0.5) is 0 Å². The Hall–Kier alpha value is -1.59. The SMILES string of the molecule is CCCCCCCCCCCCCCCCCCCCCCCCC(=O)OCC(COC(=O)CCCCCCCCCCCCCCCCCCC)OC(=O)CCCCCCCCCCCCCCCCCCCCCCCC. The van der Waals surface area contributed by atoms with Gasteiger partial charge in [-0.15, -0.1) is 0 Å². The lowest BCUT2D eigenvalue weighted by Gasteiger charge is -2.18. The molecule has 0 amide bonds. The fraction of sp³-hybridized carbons (Fsp3) is 0.959. The van der Waals surface area contributed by atoms with Crippen molar-refractivity contribution < 1.29 is 28.6 Å². The molecule has 0 saturated carbocycles. The van der Waals surface area contributed by atoms with Crippen LogP contribution in [0.15, 0.2) is 0 Å². The van der Waals surface area contributed by atoms with Crippen LogP contribution in [0.2, 0.25) is 0 Å². The van der Waals surface area contributed by atoms with Gasteiger partial charge in [0.05, 0.1) is 0 Å². The van der Waals surface area contributed by atoms with Crippen molar-refractivity contribution in [2.24, 2.45) is 0 Å². The molecule has 0 heterocycles. The van der Waals surface area contributed by atoms with Gasteiger partial charge in [0.25, 0.3) is 0 Å². The highest BCUT2D eigenvalue weighted by molar-refractivity contribution is 5.71. The van der Waals surface area contributed by atoms with E-state index >= 15 is 0 Å². The van der Waals surface area contributed by atoms with E-state index in [0.29, 0.717) is 19.3 Å². The van der Waals surface area contributed by atoms with Crippen molar-refractivity contribution in [1.29, 1.82) is 0 Å². The first kappa shape index (κ1) is 77.4. The standard InChI is InChI=1S/C73H142O6/c1-4-7-10-13-16-19-22-25-28-31-33-35-37-39-42-45-48-51-54-57-60-63-66-72(75)78-69-70(68-77-71(74)65-62-59-56-53-50-47-44-41-30-27-24-21-18-15-12-9-6-3)79-73(76)67-64-61-58-55-52-49-46-43-40-38-36-34-32-29-26-23-20-17-14-11-8-5-2/h70H,4-69H2,1-3H3. The molecule has 0 aromatic heterocycles. The summed E-state index contributed by atoms with van der Waals surface area (Å²) in [6.07, 6.45) is 81.3. The predicted molar refractivity (Wildman–Crippen MR) is 344 cm³/mol. The van der Waals surface area contributed by atoms with E-state index in [1.807, 2.05) is 0 Å². The van der Waals surface area contributed by atoms with Crippen LogP contribution in [0, 0.1) is 0 Å². The van der Waals surface area contributed by atoms with Crippen molar-refractivity contribution in [2.45, 2.75) is 438 Å². The molecule has 0 rings (SSSR count). The van der Waals surface area contributed by atoms with Crippen LogP contribution in [0.1, 0.15) is 432 Å². The molecule has 0 bridgehead atoms. The molecule has 0 aromatic carbocycles.